The van der Waals surface area contributed by atoms with Gasteiger partial charge in [-0.1, -0.05) is 25.4 Å². The Bertz CT molecular complexity index is 735. The molecule has 0 radical (unpaired) electrons. The summed E-state index contributed by atoms with van der Waals surface area (Å²) >= 11 is 5.88. The van der Waals surface area contributed by atoms with Crippen LogP contribution in [0.5, 0.6) is 5.88 Å². The van der Waals surface area contributed by atoms with Gasteiger partial charge in [0.2, 0.25) is 5.88 Å². The Morgan fingerprint density at radius 3 is 2.55 bits per heavy atom. The van der Waals surface area contributed by atoms with Crippen LogP contribution in [0.2, 0.25) is 5.02 Å². The second-order valence-electron chi connectivity index (χ2n) is 4.99. The van der Waals surface area contributed by atoms with Crippen molar-refractivity contribution in [2.45, 2.75) is 19.8 Å². The molecule has 0 aliphatic heterocycles. The molecule has 0 bridgehead atoms. The molecule has 22 heavy (non-hydrogen) atoms. The van der Waals surface area contributed by atoms with Crippen LogP contribution in [0.1, 0.15) is 25.5 Å². The fourth-order valence-electron chi connectivity index (χ4n) is 2.12. The fraction of sp³-hybridized carbons (Fsp3) is 0.267. The van der Waals surface area contributed by atoms with Gasteiger partial charge in [0.05, 0.1) is 17.6 Å². The number of nitro groups is 1. The lowest BCUT2D eigenvalue weighted by Gasteiger charge is -2.13. The molecule has 0 amide bonds. The maximum atomic E-state index is 14.1. The van der Waals surface area contributed by atoms with Crippen LogP contribution in [-0.4, -0.2) is 17.0 Å². The zero-order chi connectivity index (χ0) is 16.4. The Morgan fingerprint density at radius 2 is 2.00 bits per heavy atom. The summed E-state index contributed by atoms with van der Waals surface area (Å²) in [7, 11) is 1.38. The molecule has 7 heteroatoms. The lowest BCUT2D eigenvalue weighted by Crippen LogP contribution is -2.04. The first-order valence-electron chi connectivity index (χ1n) is 6.54. The zero-order valence-electron chi connectivity index (χ0n) is 12.3. The first-order valence-corrected chi connectivity index (χ1v) is 6.91. The summed E-state index contributed by atoms with van der Waals surface area (Å²) in [4.78, 5) is 14.9. The number of benzene rings is 1. The van der Waals surface area contributed by atoms with E-state index in [4.69, 9.17) is 16.3 Å². The molecule has 0 N–H and O–H groups in total. The Morgan fingerprint density at radius 1 is 1.32 bits per heavy atom. The predicted molar refractivity (Wildman–Crippen MR) is 81.9 cm³/mol. The first kappa shape index (κ1) is 16.2. The standard InChI is InChI=1S/C15H14ClFN2O3/c1-8(2)14-13(19(20)21)7-11(15(18-14)22-3)10-6-9(16)4-5-12(10)17/h4-8H,1-3H3. The average molecular weight is 325 g/mol. The third kappa shape index (κ3) is 3.01. The molecule has 116 valence electrons. The van der Waals surface area contributed by atoms with E-state index in [0.717, 1.165) is 0 Å². The zero-order valence-corrected chi connectivity index (χ0v) is 13.0. The highest BCUT2D eigenvalue weighted by Crippen LogP contribution is 2.37. The van der Waals surface area contributed by atoms with Crippen LogP contribution in [0.4, 0.5) is 10.1 Å². The van der Waals surface area contributed by atoms with Gasteiger partial charge in [0.15, 0.2) is 0 Å². The van der Waals surface area contributed by atoms with Gasteiger partial charge in [-0.15, -0.1) is 0 Å². The Kier molecular flexibility index (Phi) is 4.61. The number of rotatable bonds is 4. The Balaban J connectivity index is 2.77. The van der Waals surface area contributed by atoms with Crippen molar-refractivity contribution >= 4 is 17.3 Å². The highest BCUT2D eigenvalue weighted by Gasteiger charge is 2.24. The molecule has 0 saturated carbocycles. The number of pyridine rings is 1. The monoisotopic (exact) mass is 324 g/mol. The first-order chi connectivity index (χ1) is 10.3. The minimum Gasteiger partial charge on any atom is -0.481 e. The maximum absolute atomic E-state index is 14.1. The summed E-state index contributed by atoms with van der Waals surface area (Å²) in [5, 5.41) is 11.6. The molecule has 0 atom stereocenters. The third-order valence-electron chi connectivity index (χ3n) is 3.15. The molecule has 0 saturated heterocycles. The predicted octanol–water partition coefficient (Wildman–Crippen LogP) is 4.58. The van der Waals surface area contributed by atoms with E-state index in [1.807, 2.05) is 0 Å². The molecule has 0 unspecified atom stereocenters. The van der Waals surface area contributed by atoms with Crippen LogP contribution >= 0.6 is 11.6 Å². The third-order valence-corrected chi connectivity index (χ3v) is 3.39. The molecule has 1 aromatic heterocycles. The summed E-state index contributed by atoms with van der Waals surface area (Å²) in [5.41, 5.74) is 0.409. The Hall–Kier alpha value is -2.21. The van der Waals surface area contributed by atoms with Gasteiger partial charge < -0.3 is 4.74 Å². The van der Waals surface area contributed by atoms with Gasteiger partial charge in [0.1, 0.15) is 11.5 Å². The van der Waals surface area contributed by atoms with Crippen molar-refractivity contribution < 1.29 is 14.1 Å². The van der Waals surface area contributed by atoms with E-state index in [0.29, 0.717) is 5.02 Å². The largest absolute Gasteiger partial charge is 0.481 e. The second-order valence-corrected chi connectivity index (χ2v) is 5.42. The summed E-state index contributed by atoms with van der Waals surface area (Å²) in [5.74, 6) is -0.612. The number of halogens is 2. The van der Waals surface area contributed by atoms with Gasteiger partial charge >= 0.3 is 0 Å². The lowest BCUT2D eigenvalue weighted by atomic mass is 10.0. The van der Waals surface area contributed by atoms with E-state index in [-0.39, 0.29) is 34.3 Å². The highest BCUT2D eigenvalue weighted by atomic mass is 35.5. The van der Waals surface area contributed by atoms with Crippen molar-refractivity contribution in [2.75, 3.05) is 7.11 Å². The van der Waals surface area contributed by atoms with Crippen molar-refractivity contribution in [1.82, 2.24) is 4.98 Å². The van der Waals surface area contributed by atoms with Crippen LogP contribution in [0.3, 0.4) is 0 Å². The lowest BCUT2D eigenvalue weighted by molar-refractivity contribution is -0.386. The van der Waals surface area contributed by atoms with Crippen LogP contribution in [-0.2, 0) is 0 Å². The van der Waals surface area contributed by atoms with Crippen LogP contribution in [0, 0.1) is 15.9 Å². The van der Waals surface area contributed by atoms with E-state index in [1.54, 1.807) is 13.8 Å². The van der Waals surface area contributed by atoms with Crippen molar-refractivity contribution in [3.8, 4) is 17.0 Å². The van der Waals surface area contributed by atoms with Gasteiger partial charge in [-0.05, 0) is 18.2 Å². The van der Waals surface area contributed by atoms with Crippen LogP contribution < -0.4 is 4.74 Å². The number of hydrogen-bond donors (Lipinski definition) is 0. The molecule has 0 aliphatic rings. The van der Waals surface area contributed by atoms with Crippen molar-refractivity contribution in [2.24, 2.45) is 0 Å². The summed E-state index contributed by atoms with van der Waals surface area (Å²) in [6.07, 6.45) is 0. The number of aromatic nitrogens is 1. The number of hydrogen-bond acceptors (Lipinski definition) is 4. The van der Waals surface area contributed by atoms with Crippen LogP contribution in [0.15, 0.2) is 24.3 Å². The van der Waals surface area contributed by atoms with Gasteiger partial charge in [0, 0.05) is 22.6 Å². The minimum atomic E-state index is -0.559. The summed E-state index contributed by atoms with van der Waals surface area (Å²) in [6.45, 7) is 3.57. The van der Waals surface area contributed by atoms with E-state index in [9.17, 15) is 14.5 Å². The molecular formula is C15H14ClFN2O3. The molecule has 1 aromatic carbocycles. The molecular weight excluding hydrogens is 311 g/mol. The van der Waals surface area contributed by atoms with Crippen LogP contribution in [0.25, 0.3) is 11.1 Å². The van der Waals surface area contributed by atoms with E-state index >= 15 is 0 Å². The molecule has 0 spiro atoms. The minimum absolute atomic E-state index is 0.107. The van der Waals surface area contributed by atoms with Gasteiger partial charge in [-0.25, -0.2) is 9.37 Å². The number of nitrogens with zero attached hydrogens (tertiary/aromatic N) is 2. The molecule has 0 fully saturated rings. The van der Waals surface area contributed by atoms with Crippen molar-refractivity contribution in [3.63, 3.8) is 0 Å². The SMILES string of the molecule is COc1nc(C(C)C)c([N+](=O)[O-])cc1-c1cc(Cl)ccc1F. The van der Waals surface area contributed by atoms with E-state index in [1.165, 1.54) is 31.4 Å². The van der Waals surface area contributed by atoms with E-state index in [2.05, 4.69) is 4.98 Å². The average Bonchev–Trinajstić information content (AvgIpc) is 2.48. The number of ether oxygens (including phenoxy) is 1. The normalized spacial score (nSPS) is 10.8. The fourth-order valence-corrected chi connectivity index (χ4v) is 2.29. The highest BCUT2D eigenvalue weighted by molar-refractivity contribution is 6.30. The Labute approximate surface area is 131 Å². The molecule has 0 aliphatic carbocycles. The number of methoxy groups -OCH3 is 1. The van der Waals surface area contributed by atoms with Gasteiger partial charge in [0.25, 0.3) is 5.69 Å². The summed E-state index contributed by atoms with van der Waals surface area (Å²) in [6, 6.07) is 5.25. The second kappa shape index (κ2) is 6.27. The topological polar surface area (TPSA) is 65.3 Å². The summed E-state index contributed by atoms with van der Waals surface area (Å²) < 4.78 is 19.2. The molecule has 5 nitrogen and oxygen atoms in total. The molecule has 2 rings (SSSR count). The van der Waals surface area contributed by atoms with Gasteiger partial charge in [-0.2, -0.15) is 0 Å². The smallest absolute Gasteiger partial charge is 0.291 e. The van der Waals surface area contributed by atoms with E-state index < -0.39 is 10.7 Å². The van der Waals surface area contributed by atoms with Crippen molar-refractivity contribution in [1.29, 1.82) is 0 Å². The molecule has 1 heterocycles. The molecule has 2 aromatic rings. The quantitative estimate of drug-likeness (QED) is 0.610. The van der Waals surface area contributed by atoms with Crippen molar-refractivity contribution in [3.05, 3.63) is 50.9 Å². The van der Waals surface area contributed by atoms with Gasteiger partial charge in [-0.3, -0.25) is 10.1 Å². The maximum Gasteiger partial charge on any atom is 0.291 e.